The molecule has 2 saturated carbocycles. The number of amides is 1. The van der Waals surface area contributed by atoms with Gasteiger partial charge < -0.3 is 19.9 Å². The van der Waals surface area contributed by atoms with E-state index in [2.05, 4.69) is 44.4 Å². The quantitative estimate of drug-likeness (QED) is 0.692. The van der Waals surface area contributed by atoms with Crippen molar-refractivity contribution in [3.05, 3.63) is 30.0 Å². The van der Waals surface area contributed by atoms with Crippen LogP contribution in [0.2, 0.25) is 0 Å². The Labute approximate surface area is 185 Å². The molecule has 1 atom stereocenters. The fraction of sp³-hybridized carbons (Fsp3) is 0.708. The van der Waals surface area contributed by atoms with Gasteiger partial charge in [0, 0.05) is 55.5 Å². The number of carbonyl (C=O) groups excluding carboxylic acids is 1. The van der Waals surface area contributed by atoms with Crippen molar-refractivity contribution >= 4 is 12.2 Å². The molecule has 0 aromatic carbocycles. The van der Waals surface area contributed by atoms with Gasteiger partial charge in [-0.2, -0.15) is 0 Å². The molecule has 3 aliphatic rings. The van der Waals surface area contributed by atoms with E-state index in [-0.39, 0.29) is 17.9 Å². The molecule has 1 aromatic heterocycles. The number of hydrogen-bond acceptors (Lipinski definition) is 5. The fourth-order valence-electron chi connectivity index (χ4n) is 5.22. The summed E-state index contributed by atoms with van der Waals surface area (Å²) in [4.78, 5) is 27.3. The second kappa shape index (κ2) is 10.4. The highest BCUT2D eigenvalue weighted by Crippen LogP contribution is 2.34. The SMILES string of the molecule is COC1CCC(NC(=O)C[C@H](C)c2ncc(C3CCC(N4C=CCN=C4)CC3)[nH]2)CC1. The maximum absolute atomic E-state index is 12.5. The molecule has 0 unspecified atom stereocenters. The molecule has 1 aliphatic heterocycles. The van der Waals surface area contributed by atoms with Crippen LogP contribution in [0.25, 0.3) is 0 Å². The molecular weight excluding hydrogens is 390 g/mol. The Kier molecular flexibility index (Phi) is 7.43. The van der Waals surface area contributed by atoms with Crippen LogP contribution >= 0.6 is 0 Å². The summed E-state index contributed by atoms with van der Waals surface area (Å²) in [7, 11) is 1.77. The number of aliphatic imine (C=N–C) groups is 1. The Balaban J connectivity index is 1.23. The average molecular weight is 428 g/mol. The minimum absolute atomic E-state index is 0.0927. The van der Waals surface area contributed by atoms with Gasteiger partial charge in [0.15, 0.2) is 0 Å². The Hall–Kier alpha value is -2.15. The smallest absolute Gasteiger partial charge is 0.220 e. The number of imidazole rings is 1. The lowest BCUT2D eigenvalue weighted by Gasteiger charge is -2.34. The maximum Gasteiger partial charge on any atom is 0.220 e. The first-order valence-electron chi connectivity index (χ1n) is 11.9. The Bertz CT molecular complexity index is 761. The van der Waals surface area contributed by atoms with Crippen LogP contribution in [0.1, 0.15) is 88.1 Å². The third kappa shape index (κ3) is 5.76. The van der Waals surface area contributed by atoms with E-state index in [0.29, 0.717) is 24.5 Å². The molecule has 7 nitrogen and oxygen atoms in total. The van der Waals surface area contributed by atoms with Gasteiger partial charge in [-0.3, -0.25) is 9.79 Å². The highest BCUT2D eigenvalue weighted by atomic mass is 16.5. The summed E-state index contributed by atoms with van der Waals surface area (Å²) in [6, 6.07) is 0.841. The lowest BCUT2D eigenvalue weighted by molar-refractivity contribution is -0.122. The zero-order valence-corrected chi connectivity index (χ0v) is 18.9. The number of ether oxygens (including phenoxy) is 1. The van der Waals surface area contributed by atoms with Crippen LogP contribution in [0, 0.1) is 0 Å². The minimum atomic E-state index is 0.0927. The van der Waals surface area contributed by atoms with E-state index in [1.165, 1.54) is 18.5 Å². The highest BCUT2D eigenvalue weighted by Gasteiger charge is 2.27. The van der Waals surface area contributed by atoms with Crippen molar-refractivity contribution in [2.75, 3.05) is 13.7 Å². The summed E-state index contributed by atoms with van der Waals surface area (Å²) < 4.78 is 5.42. The summed E-state index contributed by atoms with van der Waals surface area (Å²) in [6.45, 7) is 2.89. The van der Waals surface area contributed by atoms with Gasteiger partial charge in [0.1, 0.15) is 5.82 Å². The van der Waals surface area contributed by atoms with Gasteiger partial charge in [0.2, 0.25) is 5.91 Å². The number of H-pyrrole nitrogens is 1. The highest BCUT2D eigenvalue weighted by molar-refractivity contribution is 5.77. The molecule has 4 rings (SSSR count). The number of methoxy groups -OCH3 is 1. The largest absolute Gasteiger partial charge is 0.381 e. The summed E-state index contributed by atoms with van der Waals surface area (Å²) in [5, 5.41) is 3.21. The van der Waals surface area contributed by atoms with Gasteiger partial charge >= 0.3 is 0 Å². The fourth-order valence-corrected chi connectivity index (χ4v) is 5.22. The number of rotatable bonds is 7. The first kappa shape index (κ1) is 22.1. The van der Waals surface area contributed by atoms with Crippen LogP contribution in [-0.2, 0) is 9.53 Å². The van der Waals surface area contributed by atoms with Gasteiger partial charge in [0.25, 0.3) is 0 Å². The summed E-state index contributed by atoms with van der Waals surface area (Å²) >= 11 is 0. The van der Waals surface area contributed by atoms with Gasteiger partial charge in [-0.05, 0) is 57.4 Å². The monoisotopic (exact) mass is 427 g/mol. The number of nitrogens with one attached hydrogen (secondary N) is 2. The lowest BCUT2D eigenvalue weighted by atomic mass is 9.84. The molecule has 2 aliphatic carbocycles. The van der Waals surface area contributed by atoms with Crippen LogP contribution in [-0.4, -0.2) is 59.0 Å². The Morgan fingerprint density at radius 2 is 2.00 bits per heavy atom. The number of nitrogens with zero attached hydrogens (tertiary/aromatic N) is 3. The topological polar surface area (TPSA) is 82.6 Å². The summed E-state index contributed by atoms with van der Waals surface area (Å²) in [6.07, 6.45) is 17.8. The van der Waals surface area contributed by atoms with Crippen LogP contribution in [0.5, 0.6) is 0 Å². The molecule has 2 fully saturated rings. The molecule has 0 spiro atoms. The van der Waals surface area contributed by atoms with Crippen molar-refractivity contribution < 1.29 is 9.53 Å². The van der Waals surface area contributed by atoms with Crippen LogP contribution < -0.4 is 5.32 Å². The molecule has 2 heterocycles. The third-order valence-electron chi connectivity index (χ3n) is 7.21. The summed E-state index contributed by atoms with van der Waals surface area (Å²) in [5.41, 5.74) is 1.22. The van der Waals surface area contributed by atoms with Crippen molar-refractivity contribution in [2.24, 2.45) is 4.99 Å². The second-order valence-corrected chi connectivity index (χ2v) is 9.42. The van der Waals surface area contributed by atoms with Crippen molar-refractivity contribution in [1.82, 2.24) is 20.2 Å². The summed E-state index contributed by atoms with van der Waals surface area (Å²) in [5.74, 6) is 1.68. The van der Waals surface area contributed by atoms with Crippen molar-refractivity contribution in [2.45, 2.75) is 94.7 Å². The molecular formula is C24H37N5O2. The number of carbonyl (C=O) groups is 1. The normalized spacial score (nSPS) is 29.7. The number of aromatic amines is 1. The van der Waals surface area contributed by atoms with Crippen LogP contribution in [0.4, 0.5) is 0 Å². The lowest BCUT2D eigenvalue weighted by Crippen LogP contribution is -2.39. The Morgan fingerprint density at radius 1 is 1.23 bits per heavy atom. The average Bonchev–Trinajstić information content (AvgIpc) is 3.31. The van der Waals surface area contributed by atoms with Gasteiger partial charge in [-0.25, -0.2) is 4.98 Å². The molecule has 1 aromatic rings. The first-order valence-corrected chi connectivity index (χ1v) is 11.9. The predicted molar refractivity (Wildman–Crippen MR) is 122 cm³/mol. The first-order chi connectivity index (χ1) is 15.1. The zero-order chi connectivity index (χ0) is 21.6. The molecule has 170 valence electrons. The van der Waals surface area contributed by atoms with Crippen LogP contribution in [0.3, 0.4) is 0 Å². The molecule has 0 radical (unpaired) electrons. The van der Waals surface area contributed by atoms with Gasteiger partial charge in [0.05, 0.1) is 19.0 Å². The molecule has 7 heteroatoms. The molecule has 0 saturated heterocycles. The van der Waals surface area contributed by atoms with Gasteiger partial charge in [-0.15, -0.1) is 0 Å². The predicted octanol–water partition coefficient (Wildman–Crippen LogP) is 3.86. The number of hydrogen-bond donors (Lipinski definition) is 2. The molecule has 0 bridgehead atoms. The van der Waals surface area contributed by atoms with Crippen molar-refractivity contribution in [3.8, 4) is 0 Å². The second-order valence-electron chi connectivity index (χ2n) is 9.42. The number of aromatic nitrogens is 2. The minimum Gasteiger partial charge on any atom is -0.381 e. The van der Waals surface area contributed by atoms with Gasteiger partial charge in [-0.1, -0.05) is 6.92 Å². The standard InChI is InChI=1S/C24H37N5O2/c1-17(14-23(30)27-19-6-10-21(31-2)11-7-19)24-26-15-22(28-24)18-4-8-20(9-5-18)29-13-3-12-25-16-29/h3,13,15-21H,4-12,14H2,1-2H3,(H,26,28)(H,27,30)/t17-,18?,19?,20?,21?/m0/s1. The molecule has 1 amide bonds. The molecule has 31 heavy (non-hydrogen) atoms. The van der Waals surface area contributed by atoms with E-state index in [1.807, 2.05) is 12.5 Å². The van der Waals surface area contributed by atoms with E-state index < -0.39 is 0 Å². The third-order valence-corrected chi connectivity index (χ3v) is 7.21. The van der Waals surface area contributed by atoms with E-state index in [0.717, 1.165) is 50.9 Å². The van der Waals surface area contributed by atoms with Crippen molar-refractivity contribution in [3.63, 3.8) is 0 Å². The Morgan fingerprint density at radius 3 is 2.68 bits per heavy atom. The van der Waals surface area contributed by atoms with E-state index >= 15 is 0 Å². The van der Waals surface area contributed by atoms with E-state index in [4.69, 9.17) is 4.74 Å². The van der Waals surface area contributed by atoms with E-state index in [1.54, 1.807) is 7.11 Å². The van der Waals surface area contributed by atoms with Crippen LogP contribution in [0.15, 0.2) is 23.5 Å². The maximum atomic E-state index is 12.5. The molecule has 2 N–H and O–H groups in total. The van der Waals surface area contributed by atoms with E-state index in [9.17, 15) is 4.79 Å². The zero-order valence-electron chi connectivity index (χ0n) is 18.9. The van der Waals surface area contributed by atoms with Crippen molar-refractivity contribution in [1.29, 1.82) is 0 Å².